The second-order valence-electron chi connectivity index (χ2n) is 8.30. The van der Waals surface area contributed by atoms with Crippen LogP contribution in [0.15, 0.2) is 99.8 Å². The molecule has 1 fully saturated rings. The summed E-state index contributed by atoms with van der Waals surface area (Å²) in [5, 5.41) is 4.04. The largest absolute Gasteiger partial charge is 0.271 e. The topological polar surface area (TPSA) is 116 Å². The second kappa shape index (κ2) is 10.9. The average Bonchev–Trinajstić information content (AvgIpc) is 2.92. The minimum atomic E-state index is -4.12. The Hall–Kier alpha value is -3.45. The van der Waals surface area contributed by atoms with Gasteiger partial charge in [-0.2, -0.15) is 13.7 Å². The maximum Gasteiger partial charge on any atom is 0.259 e. The van der Waals surface area contributed by atoms with Crippen LogP contribution in [0, 0.1) is 5.82 Å². The van der Waals surface area contributed by atoms with Gasteiger partial charge in [-0.3, -0.25) is 4.79 Å². The van der Waals surface area contributed by atoms with Crippen molar-refractivity contribution in [2.75, 3.05) is 19.6 Å². The summed E-state index contributed by atoms with van der Waals surface area (Å²) in [5.41, 5.74) is 3.26. The summed E-state index contributed by atoms with van der Waals surface area (Å²) in [5.74, 6) is -1.22. The Balaban J connectivity index is 1.65. The molecule has 1 amide bonds. The molecule has 0 saturated carbocycles. The molecular formula is C25H25FN4O5S2. The van der Waals surface area contributed by atoms with E-state index >= 15 is 0 Å². The molecule has 0 radical (unpaired) electrons. The average molecular weight is 545 g/mol. The standard InChI is InChI=1S/C25H25FN4O5S2/c1-19(20-12-14-21(26)15-13-20)27-28-25(31)24-18-29(36(32,33)22-8-4-2-5-9-22)16-17-30(24)37(34,35)23-10-6-3-7-11-23/h2-15,24H,16-18H2,1H3,(H,28,31)/b27-19-/t24-/m0/s1. The van der Waals surface area contributed by atoms with Gasteiger partial charge in [0.25, 0.3) is 5.91 Å². The summed E-state index contributed by atoms with van der Waals surface area (Å²) in [4.78, 5) is 13.3. The zero-order valence-electron chi connectivity index (χ0n) is 19.9. The Kier molecular flexibility index (Phi) is 7.83. The van der Waals surface area contributed by atoms with E-state index in [2.05, 4.69) is 10.5 Å². The van der Waals surface area contributed by atoms with Crippen LogP contribution in [-0.2, 0) is 24.8 Å². The lowest BCUT2D eigenvalue weighted by atomic mass is 10.1. The third kappa shape index (κ3) is 5.77. The quantitative estimate of drug-likeness (QED) is 0.362. The summed E-state index contributed by atoms with van der Waals surface area (Å²) in [7, 11) is -8.10. The molecular weight excluding hydrogens is 519 g/mol. The van der Waals surface area contributed by atoms with Crippen molar-refractivity contribution in [2.45, 2.75) is 22.8 Å². The molecule has 0 spiro atoms. The van der Waals surface area contributed by atoms with Crippen LogP contribution >= 0.6 is 0 Å². The zero-order valence-corrected chi connectivity index (χ0v) is 21.5. The van der Waals surface area contributed by atoms with E-state index < -0.39 is 44.4 Å². The van der Waals surface area contributed by atoms with E-state index in [0.717, 1.165) is 8.61 Å². The number of carbonyl (C=O) groups is 1. The van der Waals surface area contributed by atoms with Crippen molar-refractivity contribution in [3.05, 3.63) is 96.3 Å². The van der Waals surface area contributed by atoms with Gasteiger partial charge >= 0.3 is 0 Å². The fourth-order valence-corrected chi connectivity index (χ4v) is 6.95. The lowest BCUT2D eigenvalue weighted by Gasteiger charge is -2.38. The van der Waals surface area contributed by atoms with Gasteiger partial charge in [0.1, 0.15) is 11.9 Å². The SMILES string of the molecule is C/C(=N/NC(=O)[C@@H]1CN(S(=O)(=O)c2ccccc2)CCN1S(=O)(=O)c1ccccc1)c1ccc(F)cc1. The number of amides is 1. The molecule has 0 aromatic heterocycles. The summed E-state index contributed by atoms with van der Waals surface area (Å²) >= 11 is 0. The maximum atomic E-state index is 13.4. The van der Waals surface area contributed by atoms with E-state index in [1.807, 2.05) is 0 Å². The number of halogens is 1. The number of hydrogen-bond donors (Lipinski definition) is 1. The fourth-order valence-electron chi connectivity index (χ4n) is 3.90. The van der Waals surface area contributed by atoms with E-state index in [-0.39, 0.29) is 22.9 Å². The molecule has 0 unspecified atom stereocenters. The van der Waals surface area contributed by atoms with Gasteiger partial charge in [-0.1, -0.05) is 48.5 Å². The molecule has 0 bridgehead atoms. The molecule has 0 aliphatic carbocycles. The number of nitrogens with zero attached hydrogens (tertiary/aromatic N) is 3. The predicted octanol–water partition coefficient (Wildman–Crippen LogP) is 2.43. The molecule has 37 heavy (non-hydrogen) atoms. The minimum absolute atomic E-state index is 0.0156. The highest BCUT2D eigenvalue weighted by Gasteiger charge is 2.43. The second-order valence-corrected chi connectivity index (χ2v) is 12.1. The van der Waals surface area contributed by atoms with Crippen LogP contribution in [-0.4, -0.2) is 62.7 Å². The van der Waals surface area contributed by atoms with Crippen LogP contribution in [0.4, 0.5) is 4.39 Å². The highest BCUT2D eigenvalue weighted by Crippen LogP contribution is 2.25. The number of hydrazone groups is 1. The molecule has 9 nitrogen and oxygen atoms in total. The molecule has 1 aliphatic rings. The first-order valence-electron chi connectivity index (χ1n) is 11.3. The number of piperazine rings is 1. The molecule has 12 heteroatoms. The number of rotatable bonds is 7. The Bertz CT molecular complexity index is 1500. The van der Waals surface area contributed by atoms with Gasteiger partial charge < -0.3 is 0 Å². The molecule has 1 N–H and O–H groups in total. The number of carbonyl (C=O) groups excluding carboxylic acids is 1. The Morgan fingerprint density at radius 2 is 1.38 bits per heavy atom. The molecule has 1 aliphatic heterocycles. The number of sulfonamides is 2. The molecule has 3 aromatic carbocycles. The maximum absolute atomic E-state index is 13.4. The number of benzene rings is 3. The van der Waals surface area contributed by atoms with Crippen LogP contribution in [0.5, 0.6) is 0 Å². The third-order valence-electron chi connectivity index (χ3n) is 5.92. The number of hydrogen-bond acceptors (Lipinski definition) is 6. The first-order chi connectivity index (χ1) is 17.6. The normalized spacial score (nSPS) is 17.9. The molecule has 1 heterocycles. The molecule has 3 aromatic rings. The Labute approximate surface area is 215 Å². The van der Waals surface area contributed by atoms with Crippen LogP contribution in [0.1, 0.15) is 12.5 Å². The molecule has 1 saturated heterocycles. The Morgan fingerprint density at radius 1 is 0.838 bits per heavy atom. The first kappa shape index (κ1) is 26.6. The highest BCUT2D eigenvalue weighted by atomic mass is 32.2. The predicted molar refractivity (Wildman–Crippen MR) is 136 cm³/mol. The van der Waals surface area contributed by atoms with Crippen molar-refractivity contribution in [3.63, 3.8) is 0 Å². The van der Waals surface area contributed by atoms with Crippen molar-refractivity contribution in [3.8, 4) is 0 Å². The third-order valence-corrected chi connectivity index (χ3v) is 9.72. The van der Waals surface area contributed by atoms with E-state index in [1.54, 1.807) is 43.3 Å². The van der Waals surface area contributed by atoms with Crippen LogP contribution in [0.2, 0.25) is 0 Å². The molecule has 1 atom stereocenters. The van der Waals surface area contributed by atoms with Crippen molar-refractivity contribution >= 4 is 31.7 Å². The summed E-state index contributed by atoms with van der Waals surface area (Å²) in [6, 6.07) is 19.4. The summed E-state index contributed by atoms with van der Waals surface area (Å²) in [6.07, 6.45) is 0. The smallest absolute Gasteiger partial charge is 0.259 e. The van der Waals surface area contributed by atoms with Gasteiger partial charge in [-0.15, -0.1) is 0 Å². The summed E-state index contributed by atoms with van der Waals surface area (Å²) in [6.45, 7) is 0.826. The number of nitrogens with one attached hydrogen (secondary N) is 1. The zero-order chi connectivity index (χ0) is 26.6. The van der Waals surface area contributed by atoms with Crippen molar-refractivity contribution in [2.24, 2.45) is 5.10 Å². The van der Waals surface area contributed by atoms with Crippen molar-refractivity contribution in [1.29, 1.82) is 0 Å². The minimum Gasteiger partial charge on any atom is -0.271 e. The van der Waals surface area contributed by atoms with Gasteiger partial charge in [0.15, 0.2) is 0 Å². The van der Waals surface area contributed by atoms with Gasteiger partial charge in [-0.05, 0) is 48.9 Å². The van der Waals surface area contributed by atoms with E-state index in [4.69, 9.17) is 0 Å². The van der Waals surface area contributed by atoms with Crippen LogP contribution < -0.4 is 5.43 Å². The lowest BCUT2D eigenvalue weighted by molar-refractivity contribution is -0.125. The summed E-state index contributed by atoms with van der Waals surface area (Å²) < 4.78 is 68.6. The van der Waals surface area contributed by atoms with Gasteiger partial charge in [0.05, 0.1) is 15.5 Å². The van der Waals surface area contributed by atoms with E-state index in [0.29, 0.717) is 11.3 Å². The van der Waals surface area contributed by atoms with Gasteiger partial charge in [-0.25, -0.2) is 26.7 Å². The van der Waals surface area contributed by atoms with Crippen molar-refractivity contribution in [1.82, 2.24) is 14.0 Å². The monoisotopic (exact) mass is 544 g/mol. The fraction of sp³-hybridized carbons (Fsp3) is 0.200. The van der Waals surface area contributed by atoms with Gasteiger partial charge in [0, 0.05) is 19.6 Å². The lowest BCUT2D eigenvalue weighted by Crippen LogP contribution is -2.60. The van der Waals surface area contributed by atoms with E-state index in [9.17, 15) is 26.0 Å². The molecule has 4 rings (SSSR count). The van der Waals surface area contributed by atoms with Gasteiger partial charge in [0.2, 0.25) is 20.0 Å². The van der Waals surface area contributed by atoms with E-state index in [1.165, 1.54) is 48.5 Å². The Morgan fingerprint density at radius 3 is 1.95 bits per heavy atom. The van der Waals surface area contributed by atoms with Crippen molar-refractivity contribution < 1.29 is 26.0 Å². The molecule has 194 valence electrons. The van der Waals surface area contributed by atoms with Crippen LogP contribution in [0.25, 0.3) is 0 Å². The van der Waals surface area contributed by atoms with Crippen LogP contribution in [0.3, 0.4) is 0 Å². The highest BCUT2D eigenvalue weighted by molar-refractivity contribution is 7.89. The first-order valence-corrected chi connectivity index (χ1v) is 14.2.